The number of halogens is 2. The quantitative estimate of drug-likeness (QED) is 0.835. The molecule has 2 nitrogen and oxygen atoms in total. The number of hydrogen-bond donors (Lipinski definition) is 1. The van der Waals surface area contributed by atoms with Crippen molar-refractivity contribution >= 4 is 27.4 Å². The number of nitrogens with one attached hydrogen (secondary N) is 1. The van der Waals surface area contributed by atoms with E-state index in [0.29, 0.717) is 10.0 Å². The van der Waals surface area contributed by atoms with Crippen molar-refractivity contribution in [3.05, 3.63) is 63.4 Å². The molecule has 0 spiro atoms. The van der Waals surface area contributed by atoms with Crippen molar-refractivity contribution in [1.29, 1.82) is 0 Å². The molecule has 0 radical (unpaired) electrons. The van der Waals surface area contributed by atoms with Crippen molar-refractivity contribution in [2.24, 2.45) is 0 Å². The number of rotatable bonds is 2. The van der Waals surface area contributed by atoms with Crippen LogP contribution in [0, 0.1) is 5.82 Å². The van der Waals surface area contributed by atoms with Crippen LogP contribution in [0.1, 0.15) is 27.9 Å². The first kappa shape index (κ1) is 13.3. The zero-order chi connectivity index (χ0) is 14.1. The molecule has 1 aliphatic heterocycles. The molecular formula is C16H13BrFNO. The van der Waals surface area contributed by atoms with Gasteiger partial charge in [-0.25, -0.2) is 4.39 Å². The summed E-state index contributed by atoms with van der Waals surface area (Å²) in [7, 11) is 0. The molecule has 0 bridgehead atoms. The van der Waals surface area contributed by atoms with Gasteiger partial charge in [0.05, 0.1) is 5.56 Å². The van der Waals surface area contributed by atoms with Gasteiger partial charge in [-0.1, -0.05) is 15.9 Å². The minimum absolute atomic E-state index is 0.100. The molecule has 0 aromatic heterocycles. The van der Waals surface area contributed by atoms with Gasteiger partial charge in [-0.15, -0.1) is 0 Å². The first-order valence-electron chi connectivity index (χ1n) is 6.52. The Morgan fingerprint density at radius 1 is 1.20 bits per heavy atom. The van der Waals surface area contributed by atoms with Crippen molar-refractivity contribution in [3.63, 3.8) is 0 Å². The number of aryl methyl sites for hydroxylation is 1. The van der Waals surface area contributed by atoms with Crippen LogP contribution in [0.25, 0.3) is 0 Å². The van der Waals surface area contributed by atoms with E-state index in [1.165, 1.54) is 12.1 Å². The SMILES string of the molecule is O=C(c1ccc2c(c1)CCCN2)c1cc(Br)ccc1F. The summed E-state index contributed by atoms with van der Waals surface area (Å²) in [5.74, 6) is -0.772. The minimum Gasteiger partial charge on any atom is -0.385 e. The molecule has 2 aromatic carbocycles. The second-order valence-corrected chi connectivity index (χ2v) is 5.77. The molecule has 0 saturated carbocycles. The monoisotopic (exact) mass is 333 g/mol. The first-order chi connectivity index (χ1) is 9.65. The van der Waals surface area contributed by atoms with Crippen molar-refractivity contribution < 1.29 is 9.18 Å². The van der Waals surface area contributed by atoms with Crippen LogP contribution < -0.4 is 5.32 Å². The molecule has 0 saturated heterocycles. The van der Waals surface area contributed by atoms with E-state index < -0.39 is 5.82 Å². The van der Waals surface area contributed by atoms with Crippen molar-refractivity contribution in [2.45, 2.75) is 12.8 Å². The second-order valence-electron chi connectivity index (χ2n) is 4.86. The Kier molecular flexibility index (Phi) is 3.57. The Hall–Kier alpha value is -1.68. The molecule has 1 heterocycles. The van der Waals surface area contributed by atoms with Crippen LogP contribution in [0.4, 0.5) is 10.1 Å². The molecule has 0 atom stereocenters. The average Bonchev–Trinajstić information content (AvgIpc) is 2.48. The van der Waals surface area contributed by atoms with E-state index in [9.17, 15) is 9.18 Å². The Balaban J connectivity index is 2.00. The highest BCUT2D eigenvalue weighted by Gasteiger charge is 2.17. The molecule has 0 amide bonds. The van der Waals surface area contributed by atoms with E-state index >= 15 is 0 Å². The van der Waals surface area contributed by atoms with E-state index in [1.54, 1.807) is 12.1 Å². The van der Waals surface area contributed by atoms with Gasteiger partial charge in [0.1, 0.15) is 5.82 Å². The van der Waals surface area contributed by atoms with Crippen LogP contribution in [0.2, 0.25) is 0 Å². The summed E-state index contributed by atoms with van der Waals surface area (Å²) in [6.45, 7) is 0.959. The van der Waals surface area contributed by atoms with Gasteiger partial charge in [-0.2, -0.15) is 0 Å². The minimum atomic E-state index is -0.492. The van der Waals surface area contributed by atoms with E-state index in [0.717, 1.165) is 30.6 Å². The topological polar surface area (TPSA) is 29.1 Å². The molecule has 2 aromatic rings. The fraction of sp³-hybridized carbons (Fsp3) is 0.188. The maximum absolute atomic E-state index is 13.8. The van der Waals surface area contributed by atoms with Gasteiger partial charge >= 0.3 is 0 Å². The lowest BCUT2D eigenvalue weighted by molar-refractivity contribution is 0.103. The lowest BCUT2D eigenvalue weighted by atomic mass is 9.96. The van der Waals surface area contributed by atoms with Crippen LogP contribution in [-0.2, 0) is 6.42 Å². The van der Waals surface area contributed by atoms with Crippen LogP contribution in [0.5, 0.6) is 0 Å². The molecule has 4 heteroatoms. The number of hydrogen-bond acceptors (Lipinski definition) is 2. The molecule has 1 aliphatic rings. The smallest absolute Gasteiger partial charge is 0.196 e. The lowest BCUT2D eigenvalue weighted by Gasteiger charge is -2.18. The van der Waals surface area contributed by atoms with Gasteiger partial charge < -0.3 is 5.32 Å². The standard InChI is InChI=1S/C16H13BrFNO/c17-12-4-5-14(18)13(9-12)16(20)11-3-6-15-10(8-11)2-1-7-19-15/h3-6,8-9,19H,1-2,7H2. The van der Waals surface area contributed by atoms with Crippen LogP contribution >= 0.6 is 15.9 Å². The number of ketones is 1. The van der Waals surface area contributed by atoms with Gasteiger partial charge in [0.25, 0.3) is 0 Å². The lowest BCUT2D eigenvalue weighted by Crippen LogP contribution is -2.13. The third-order valence-electron chi connectivity index (χ3n) is 3.48. The van der Waals surface area contributed by atoms with E-state index in [4.69, 9.17) is 0 Å². The molecule has 3 rings (SSSR count). The molecule has 0 unspecified atom stereocenters. The third-order valence-corrected chi connectivity index (χ3v) is 3.97. The largest absolute Gasteiger partial charge is 0.385 e. The number of fused-ring (bicyclic) bond motifs is 1. The van der Waals surface area contributed by atoms with E-state index in [2.05, 4.69) is 21.2 Å². The highest BCUT2D eigenvalue weighted by Crippen LogP contribution is 2.25. The molecule has 0 aliphatic carbocycles. The molecule has 20 heavy (non-hydrogen) atoms. The fourth-order valence-corrected chi connectivity index (χ4v) is 2.80. The van der Waals surface area contributed by atoms with Crippen LogP contribution in [0.15, 0.2) is 40.9 Å². The highest BCUT2D eigenvalue weighted by molar-refractivity contribution is 9.10. The normalized spacial score (nSPS) is 13.5. The Labute approximate surface area is 125 Å². The summed E-state index contributed by atoms with van der Waals surface area (Å²) in [6.07, 6.45) is 2.00. The third kappa shape index (κ3) is 2.48. The van der Waals surface area contributed by atoms with Gasteiger partial charge in [-0.3, -0.25) is 4.79 Å². The summed E-state index contributed by atoms with van der Waals surface area (Å²) < 4.78 is 14.5. The molecule has 1 N–H and O–H groups in total. The molecular weight excluding hydrogens is 321 g/mol. The summed E-state index contributed by atoms with van der Waals surface area (Å²) >= 11 is 3.27. The molecule has 0 fully saturated rings. The van der Waals surface area contributed by atoms with Crippen LogP contribution in [0.3, 0.4) is 0 Å². The zero-order valence-electron chi connectivity index (χ0n) is 10.7. The summed E-state index contributed by atoms with van der Waals surface area (Å²) in [6, 6.07) is 9.93. The second kappa shape index (κ2) is 5.37. The van der Waals surface area contributed by atoms with Crippen molar-refractivity contribution in [2.75, 3.05) is 11.9 Å². The number of carbonyl (C=O) groups is 1. The summed E-state index contributed by atoms with van der Waals surface area (Å²) in [5, 5.41) is 3.30. The number of anilines is 1. The highest BCUT2D eigenvalue weighted by atomic mass is 79.9. The van der Waals surface area contributed by atoms with E-state index in [1.807, 2.05) is 12.1 Å². The first-order valence-corrected chi connectivity index (χ1v) is 7.31. The summed E-state index contributed by atoms with van der Waals surface area (Å²) in [4.78, 5) is 12.4. The fourth-order valence-electron chi connectivity index (χ4n) is 2.44. The van der Waals surface area contributed by atoms with Crippen LogP contribution in [-0.4, -0.2) is 12.3 Å². The zero-order valence-corrected chi connectivity index (χ0v) is 12.3. The number of benzene rings is 2. The van der Waals surface area contributed by atoms with E-state index in [-0.39, 0.29) is 11.3 Å². The predicted molar refractivity (Wildman–Crippen MR) is 80.8 cm³/mol. The molecule has 102 valence electrons. The van der Waals surface area contributed by atoms with Gasteiger partial charge in [0.15, 0.2) is 5.78 Å². The predicted octanol–water partition coefficient (Wildman–Crippen LogP) is 4.18. The Morgan fingerprint density at radius 2 is 2.05 bits per heavy atom. The van der Waals surface area contributed by atoms with Gasteiger partial charge in [0.2, 0.25) is 0 Å². The number of carbonyl (C=O) groups excluding carboxylic acids is 1. The Bertz CT molecular complexity index is 684. The van der Waals surface area contributed by atoms with Crippen molar-refractivity contribution in [3.8, 4) is 0 Å². The maximum atomic E-state index is 13.8. The Morgan fingerprint density at radius 3 is 2.90 bits per heavy atom. The van der Waals surface area contributed by atoms with Gasteiger partial charge in [-0.05, 0) is 54.8 Å². The average molecular weight is 334 g/mol. The van der Waals surface area contributed by atoms with Crippen molar-refractivity contribution in [1.82, 2.24) is 0 Å². The summed E-state index contributed by atoms with van der Waals surface area (Å²) in [5.41, 5.74) is 2.83. The van der Waals surface area contributed by atoms with Gasteiger partial charge in [0, 0.05) is 22.3 Å². The maximum Gasteiger partial charge on any atom is 0.196 e.